The van der Waals surface area contributed by atoms with E-state index in [4.69, 9.17) is 4.74 Å². The Kier molecular flexibility index (Phi) is 6.55. The third kappa shape index (κ3) is 5.48. The smallest absolute Gasteiger partial charge is 0.293 e. The van der Waals surface area contributed by atoms with E-state index in [1.807, 2.05) is 31.2 Å². The monoisotopic (exact) mass is 460 g/mol. The summed E-state index contributed by atoms with van der Waals surface area (Å²) in [5.41, 5.74) is 3.61. The molecule has 0 unspecified atom stereocenters. The van der Waals surface area contributed by atoms with Crippen molar-refractivity contribution in [1.29, 1.82) is 0 Å². The number of nitrogens with zero attached hydrogens (tertiary/aromatic N) is 2. The molecule has 2 amide bonds. The summed E-state index contributed by atoms with van der Waals surface area (Å²) >= 11 is 0.934. The number of benzene rings is 3. The van der Waals surface area contributed by atoms with Crippen molar-refractivity contribution in [3.8, 4) is 5.75 Å². The van der Waals surface area contributed by atoms with E-state index in [0.29, 0.717) is 10.7 Å². The molecular formula is C25H20N2O5S. The fraction of sp³-hybridized carbons (Fsp3) is 0.120. The number of hydrogen-bond acceptors (Lipinski definition) is 6. The highest BCUT2D eigenvalue weighted by Crippen LogP contribution is 2.33. The number of rotatable bonds is 7. The maximum Gasteiger partial charge on any atom is 0.293 e. The second kappa shape index (κ2) is 9.70. The lowest BCUT2D eigenvalue weighted by molar-refractivity contribution is -0.384. The van der Waals surface area contributed by atoms with Crippen LogP contribution in [0.5, 0.6) is 5.75 Å². The molecule has 0 spiro atoms. The molecule has 1 fully saturated rings. The first-order chi connectivity index (χ1) is 15.9. The molecule has 1 saturated heterocycles. The summed E-state index contributed by atoms with van der Waals surface area (Å²) in [7, 11) is 0. The quantitative estimate of drug-likeness (QED) is 0.255. The molecular weight excluding hydrogens is 440 g/mol. The summed E-state index contributed by atoms with van der Waals surface area (Å²) in [6.07, 6.45) is 1.70. The standard InChI is InChI=1S/C25H20N2O5S/c1-17-3-2-4-20(13-17)15-26-24(28)23(33-25(26)29)14-18-7-11-22(12-8-18)32-16-19-5-9-21(10-6-19)27(30)31/h2-14H,15-16H2,1H3/b23-14-. The molecule has 0 bridgehead atoms. The van der Waals surface area contributed by atoms with Crippen LogP contribution in [0.15, 0.2) is 77.7 Å². The number of nitro groups is 1. The maximum atomic E-state index is 12.8. The third-order valence-corrected chi connectivity index (χ3v) is 5.93. The SMILES string of the molecule is Cc1cccc(CN2C(=O)S/C(=C\c3ccc(OCc4ccc([N+](=O)[O-])cc4)cc3)C2=O)c1. The molecule has 0 saturated carbocycles. The van der Waals surface area contributed by atoms with Gasteiger partial charge in [-0.1, -0.05) is 42.0 Å². The number of nitro benzene ring substituents is 1. The number of hydrogen-bond donors (Lipinski definition) is 0. The van der Waals surface area contributed by atoms with Crippen LogP contribution in [0.4, 0.5) is 10.5 Å². The van der Waals surface area contributed by atoms with Crippen LogP contribution >= 0.6 is 11.8 Å². The predicted octanol–water partition coefficient (Wildman–Crippen LogP) is 5.72. The number of ether oxygens (including phenoxy) is 1. The second-order valence-corrected chi connectivity index (χ2v) is 8.53. The van der Waals surface area contributed by atoms with Gasteiger partial charge in [0.2, 0.25) is 0 Å². The lowest BCUT2D eigenvalue weighted by atomic mass is 10.1. The number of aryl methyl sites for hydroxylation is 1. The molecule has 0 aromatic heterocycles. The minimum absolute atomic E-state index is 0.0337. The van der Waals surface area contributed by atoms with Crippen molar-refractivity contribution in [2.45, 2.75) is 20.1 Å². The second-order valence-electron chi connectivity index (χ2n) is 7.54. The summed E-state index contributed by atoms with van der Waals surface area (Å²) in [5.74, 6) is 0.322. The van der Waals surface area contributed by atoms with Crippen molar-refractivity contribution < 1.29 is 19.2 Å². The molecule has 1 aliphatic rings. The predicted molar refractivity (Wildman–Crippen MR) is 127 cm³/mol. The first-order valence-corrected chi connectivity index (χ1v) is 11.0. The molecule has 166 valence electrons. The molecule has 0 aliphatic carbocycles. The molecule has 8 heteroatoms. The van der Waals surface area contributed by atoms with Crippen LogP contribution < -0.4 is 4.74 Å². The van der Waals surface area contributed by atoms with E-state index in [2.05, 4.69) is 0 Å². The summed E-state index contributed by atoms with van der Waals surface area (Å²) in [6.45, 7) is 2.49. The van der Waals surface area contributed by atoms with E-state index in [-0.39, 0.29) is 30.0 Å². The van der Waals surface area contributed by atoms with E-state index >= 15 is 0 Å². The van der Waals surface area contributed by atoms with Crippen molar-refractivity contribution in [1.82, 2.24) is 4.90 Å². The van der Waals surface area contributed by atoms with Gasteiger partial charge in [-0.05, 0) is 65.7 Å². The van der Waals surface area contributed by atoms with Gasteiger partial charge in [-0.2, -0.15) is 0 Å². The average molecular weight is 461 g/mol. The van der Waals surface area contributed by atoms with Crippen LogP contribution in [-0.2, 0) is 17.9 Å². The normalized spacial score (nSPS) is 14.7. The lowest BCUT2D eigenvalue weighted by Gasteiger charge is -2.12. The van der Waals surface area contributed by atoms with Gasteiger partial charge >= 0.3 is 0 Å². The van der Waals surface area contributed by atoms with Crippen LogP contribution in [0.2, 0.25) is 0 Å². The summed E-state index contributed by atoms with van der Waals surface area (Å²) in [4.78, 5) is 37.0. The van der Waals surface area contributed by atoms with Gasteiger partial charge in [0.25, 0.3) is 16.8 Å². The molecule has 3 aromatic carbocycles. The lowest BCUT2D eigenvalue weighted by Crippen LogP contribution is -2.27. The minimum atomic E-state index is -0.444. The molecule has 7 nitrogen and oxygen atoms in total. The Balaban J connectivity index is 1.38. The first kappa shape index (κ1) is 22.3. The van der Waals surface area contributed by atoms with Crippen molar-refractivity contribution in [3.05, 3.63) is 110 Å². The molecule has 3 aromatic rings. The largest absolute Gasteiger partial charge is 0.489 e. The highest BCUT2D eigenvalue weighted by atomic mass is 32.2. The number of carbonyl (C=O) groups is 2. The van der Waals surface area contributed by atoms with E-state index in [1.165, 1.54) is 17.0 Å². The third-order valence-electron chi connectivity index (χ3n) is 5.03. The molecule has 4 rings (SSSR count). The number of thioether (sulfide) groups is 1. The number of non-ortho nitro benzene ring substituents is 1. The molecule has 0 N–H and O–H groups in total. The van der Waals surface area contributed by atoms with Crippen LogP contribution in [0.3, 0.4) is 0 Å². The topological polar surface area (TPSA) is 89.8 Å². The fourth-order valence-corrected chi connectivity index (χ4v) is 4.16. The zero-order chi connectivity index (χ0) is 23.4. The highest BCUT2D eigenvalue weighted by Gasteiger charge is 2.34. The van der Waals surface area contributed by atoms with Crippen molar-refractivity contribution in [2.75, 3.05) is 0 Å². The van der Waals surface area contributed by atoms with Crippen molar-refractivity contribution >= 4 is 34.7 Å². The van der Waals surface area contributed by atoms with Gasteiger partial charge < -0.3 is 4.74 Å². The van der Waals surface area contributed by atoms with Crippen LogP contribution in [0.25, 0.3) is 6.08 Å². The summed E-state index contributed by atoms with van der Waals surface area (Å²) < 4.78 is 5.72. The van der Waals surface area contributed by atoms with Gasteiger partial charge in [0.15, 0.2) is 0 Å². The summed E-state index contributed by atoms with van der Waals surface area (Å²) in [6, 6.07) is 21.1. The molecule has 1 heterocycles. The van der Waals surface area contributed by atoms with E-state index in [9.17, 15) is 19.7 Å². The molecule has 1 aliphatic heterocycles. The van der Waals surface area contributed by atoms with Gasteiger partial charge in [0.1, 0.15) is 12.4 Å². The zero-order valence-electron chi connectivity index (χ0n) is 17.8. The van der Waals surface area contributed by atoms with E-state index < -0.39 is 4.92 Å². The maximum absolute atomic E-state index is 12.8. The van der Waals surface area contributed by atoms with Crippen molar-refractivity contribution in [3.63, 3.8) is 0 Å². The average Bonchev–Trinajstić information content (AvgIpc) is 3.06. The van der Waals surface area contributed by atoms with Crippen LogP contribution in [-0.4, -0.2) is 21.0 Å². The van der Waals surface area contributed by atoms with Gasteiger partial charge in [-0.25, -0.2) is 0 Å². The van der Waals surface area contributed by atoms with Crippen LogP contribution in [0, 0.1) is 17.0 Å². The van der Waals surface area contributed by atoms with E-state index in [0.717, 1.165) is 34.0 Å². The molecule has 0 atom stereocenters. The number of amides is 2. The summed E-state index contributed by atoms with van der Waals surface area (Å²) in [5, 5.41) is 10.4. The Morgan fingerprint density at radius 3 is 2.39 bits per heavy atom. The number of carbonyl (C=O) groups excluding carboxylic acids is 2. The van der Waals surface area contributed by atoms with Crippen LogP contribution in [0.1, 0.15) is 22.3 Å². The minimum Gasteiger partial charge on any atom is -0.489 e. The molecule has 0 radical (unpaired) electrons. The fourth-order valence-electron chi connectivity index (χ4n) is 3.32. The van der Waals surface area contributed by atoms with E-state index in [1.54, 1.807) is 42.5 Å². The Labute approximate surface area is 194 Å². The van der Waals surface area contributed by atoms with Gasteiger partial charge in [0, 0.05) is 12.1 Å². The van der Waals surface area contributed by atoms with Gasteiger partial charge in [-0.15, -0.1) is 0 Å². The van der Waals surface area contributed by atoms with Gasteiger partial charge in [-0.3, -0.25) is 24.6 Å². The number of imide groups is 1. The molecule has 33 heavy (non-hydrogen) atoms. The highest BCUT2D eigenvalue weighted by molar-refractivity contribution is 8.18. The zero-order valence-corrected chi connectivity index (χ0v) is 18.6. The Bertz CT molecular complexity index is 1240. The van der Waals surface area contributed by atoms with Crippen molar-refractivity contribution in [2.24, 2.45) is 0 Å². The Morgan fingerprint density at radius 1 is 1.00 bits per heavy atom. The Morgan fingerprint density at radius 2 is 1.73 bits per heavy atom. The van der Waals surface area contributed by atoms with Gasteiger partial charge in [0.05, 0.1) is 16.4 Å². The first-order valence-electron chi connectivity index (χ1n) is 10.2. The Hall–Kier alpha value is -3.91.